The van der Waals surface area contributed by atoms with Crippen molar-refractivity contribution in [2.75, 3.05) is 6.54 Å². The van der Waals surface area contributed by atoms with Crippen molar-refractivity contribution in [1.29, 1.82) is 0 Å². The Morgan fingerprint density at radius 2 is 1.56 bits per heavy atom. The zero-order valence-corrected chi connectivity index (χ0v) is 23.5. The zero-order chi connectivity index (χ0) is 28.2. The second kappa shape index (κ2) is 12.2. The summed E-state index contributed by atoms with van der Waals surface area (Å²) in [6.07, 6.45) is 5.19. The Kier molecular flexibility index (Phi) is 8.90. The molecule has 0 spiro atoms. The molecule has 2 aliphatic rings. The predicted octanol–water partition coefficient (Wildman–Crippen LogP) is 4.54. The van der Waals surface area contributed by atoms with Gasteiger partial charge in [0.05, 0.1) is 11.8 Å². The molecule has 0 radical (unpaired) electrons. The van der Waals surface area contributed by atoms with Crippen LogP contribution in [0.1, 0.15) is 51.2 Å². The summed E-state index contributed by atoms with van der Waals surface area (Å²) in [5.74, 6) is -1.73. The monoisotopic (exact) mass is 549 g/mol. The number of rotatable bonds is 9. The molecule has 1 N–H and O–H groups in total. The van der Waals surface area contributed by atoms with Gasteiger partial charge in [-0.25, -0.2) is 0 Å². The molecule has 0 aromatic heterocycles. The van der Waals surface area contributed by atoms with Crippen LogP contribution in [0.15, 0.2) is 66.7 Å². The van der Waals surface area contributed by atoms with Crippen LogP contribution >= 0.6 is 11.6 Å². The first-order chi connectivity index (χ1) is 18.5. The van der Waals surface area contributed by atoms with Crippen molar-refractivity contribution >= 4 is 35.2 Å². The number of nitrogens with zero attached hydrogens (tertiary/aromatic N) is 2. The van der Waals surface area contributed by atoms with Crippen LogP contribution in [-0.2, 0) is 32.1 Å². The van der Waals surface area contributed by atoms with Crippen molar-refractivity contribution in [2.45, 2.75) is 64.6 Å². The second-order valence-corrected chi connectivity index (χ2v) is 11.7. The van der Waals surface area contributed by atoms with E-state index in [9.17, 15) is 19.2 Å². The maximum Gasteiger partial charge on any atom is 0.243 e. The van der Waals surface area contributed by atoms with E-state index in [0.29, 0.717) is 29.8 Å². The van der Waals surface area contributed by atoms with Crippen LogP contribution < -0.4 is 5.32 Å². The molecular weight excluding hydrogens is 514 g/mol. The quantitative estimate of drug-likeness (QED) is 0.367. The normalized spacial score (nSPS) is 19.5. The van der Waals surface area contributed by atoms with Crippen molar-refractivity contribution in [3.8, 4) is 0 Å². The van der Waals surface area contributed by atoms with Crippen molar-refractivity contribution in [2.24, 2.45) is 11.8 Å². The van der Waals surface area contributed by atoms with E-state index in [-0.39, 0.29) is 55.0 Å². The number of fused-ring (bicyclic) bond motifs is 1. The van der Waals surface area contributed by atoms with Gasteiger partial charge in [-0.1, -0.05) is 72.3 Å². The maximum absolute atomic E-state index is 13.9. The summed E-state index contributed by atoms with van der Waals surface area (Å²) >= 11 is 6.47. The van der Waals surface area contributed by atoms with E-state index < -0.39 is 11.6 Å². The minimum absolute atomic E-state index is 0.0124. The largest absolute Gasteiger partial charge is 0.350 e. The standard InChI is InChI=1S/C31H36ClN3O4/c1-31(2,3)33-28(37)26(19-21-11-5-4-6-12-21)35(20-22-13-7-10-16-25(22)32)27(36)17-18-34-29(38)23-14-8-9-15-24(23)30(34)39/h4-13,16,23-24,26H,14-15,17-20H2,1-3H3,(H,33,37)/t23-,24+,26-/m0/s1. The van der Waals surface area contributed by atoms with Gasteiger partial charge in [0.25, 0.3) is 0 Å². The third-order valence-corrected chi connectivity index (χ3v) is 7.58. The predicted molar refractivity (Wildman–Crippen MR) is 151 cm³/mol. The topological polar surface area (TPSA) is 86.8 Å². The van der Waals surface area contributed by atoms with Crippen LogP contribution in [0.3, 0.4) is 0 Å². The summed E-state index contributed by atoms with van der Waals surface area (Å²) in [6.45, 7) is 5.78. The number of amides is 4. The summed E-state index contributed by atoms with van der Waals surface area (Å²) in [7, 11) is 0. The Hall–Kier alpha value is -3.45. The van der Waals surface area contributed by atoms with Gasteiger partial charge in [-0.05, 0) is 50.8 Å². The first kappa shape index (κ1) is 28.6. The molecule has 1 heterocycles. The number of halogens is 1. The molecule has 2 aromatic rings. The highest BCUT2D eigenvalue weighted by Gasteiger charge is 2.47. The number of carbonyl (C=O) groups is 4. The number of nitrogens with one attached hydrogen (secondary N) is 1. The fraction of sp³-hybridized carbons (Fsp3) is 0.419. The minimum atomic E-state index is -0.827. The first-order valence-electron chi connectivity index (χ1n) is 13.4. The fourth-order valence-corrected chi connectivity index (χ4v) is 5.45. The fourth-order valence-electron chi connectivity index (χ4n) is 5.26. The Morgan fingerprint density at radius 3 is 2.15 bits per heavy atom. The molecule has 206 valence electrons. The van der Waals surface area contributed by atoms with Crippen LogP contribution in [0.2, 0.25) is 5.02 Å². The second-order valence-electron chi connectivity index (χ2n) is 11.3. The lowest BCUT2D eigenvalue weighted by Crippen LogP contribution is -2.54. The number of hydrogen-bond acceptors (Lipinski definition) is 4. The van der Waals surface area contributed by atoms with Crippen LogP contribution in [0.5, 0.6) is 0 Å². The van der Waals surface area contributed by atoms with Crippen LogP contribution in [0, 0.1) is 11.8 Å². The van der Waals surface area contributed by atoms with Gasteiger partial charge in [-0.2, -0.15) is 0 Å². The molecule has 0 saturated carbocycles. The molecule has 1 saturated heterocycles. The molecule has 2 aromatic carbocycles. The lowest BCUT2D eigenvalue weighted by Gasteiger charge is -2.34. The average Bonchev–Trinajstić information content (AvgIpc) is 3.14. The van der Waals surface area contributed by atoms with Gasteiger partial charge in [0.1, 0.15) is 6.04 Å². The summed E-state index contributed by atoms with van der Waals surface area (Å²) in [5, 5.41) is 3.52. The molecule has 4 amide bonds. The van der Waals surface area contributed by atoms with Gasteiger partial charge < -0.3 is 10.2 Å². The number of carbonyl (C=O) groups excluding carboxylic acids is 4. The molecule has 0 bridgehead atoms. The molecule has 7 nitrogen and oxygen atoms in total. The Balaban J connectivity index is 1.61. The number of imide groups is 1. The molecule has 39 heavy (non-hydrogen) atoms. The van der Waals surface area contributed by atoms with Crippen molar-refractivity contribution in [3.05, 3.63) is 82.9 Å². The Labute approximate surface area is 235 Å². The van der Waals surface area contributed by atoms with Gasteiger partial charge in [0.15, 0.2) is 0 Å². The van der Waals surface area contributed by atoms with E-state index in [1.54, 1.807) is 6.07 Å². The smallest absolute Gasteiger partial charge is 0.243 e. The third-order valence-electron chi connectivity index (χ3n) is 7.22. The number of hydrogen-bond donors (Lipinski definition) is 1. The van der Waals surface area contributed by atoms with E-state index in [0.717, 1.165) is 5.56 Å². The minimum Gasteiger partial charge on any atom is -0.350 e. The lowest BCUT2D eigenvalue weighted by atomic mass is 9.85. The summed E-state index contributed by atoms with van der Waals surface area (Å²) in [6, 6.07) is 15.9. The SMILES string of the molecule is CC(C)(C)NC(=O)[C@H](Cc1ccccc1)N(Cc1ccccc1Cl)C(=O)CCN1C(=O)[C@H]2CC=CC[C@H]2C1=O. The van der Waals surface area contributed by atoms with E-state index in [2.05, 4.69) is 5.32 Å². The molecule has 1 aliphatic carbocycles. The van der Waals surface area contributed by atoms with E-state index in [4.69, 9.17) is 11.6 Å². The van der Waals surface area contributed by atoms with Crippen molar-refractivity contribution in [1.82, 2.24) is 15.1 Å². The van der Waals surface area contributed by atoms with E-state index >= 15 is 0 Å². The molecular formula is C31H36ClN3O4. The van der Waals surface area contributed by atoms with Crippen LogP contribution in [-0.4, -0.2) is 51.6 Å². The van der Waals surface area contributed by atoms with Gasteiger partial charge in [0.2, 0.25) is 23.6 Å². The highest BCUT2D eigenvalue weighted by Crippen LogP contribution is 2.35. The van der Waals surface area contributed by atoms with Gasteiger partial charge >= 0.3 is 0 Å². The van der Waals surface area contributed by atoms with E-state index in [1.165, 1.54) is 9.80 Å². The molecule has 1 aliphatic heterocycles. The molecule has 4 rings (SSSR count). The van der Waals surface area contributed by atoms with Gasteiger partial charge in [-0.15, -0.1) is 0 Å². The van der Waals surface area contributed by atoms with Gasteiger partial charge in [0, 0.05) is 36.5 Å². The molecule has 1 fully saturated rings. The Morgan fingerprint density at radius 1 is 0.974 bits per heavy atom. The van der Waals surface area contributed by atoms with Crippen LogP contribution in [0.4, 0.5) is 0 Å². The zero-order valence-electron chi connectivity index (χ0n) is 22.7. The first-order valence-corrected chi connectivity index (χ1v) is 13.8. The number of allylic oxidation sites excluding steroid dienone is 2. The number of likely N-dealkylation sites (tertiary alicyclic amines) is 1. The highest BCUT2D eigenvalue weighted by atomic mass is 35.5. The van der Waals surface area contributed by atoms with Crippen LogP contribution in [0.25, 0.3) is 0 Å². The highest BCUT2D eigenvalue weighted by molar-refractivity contribution is 6.31. The summed E-state index contributed by atoms with van der Waals surface area (Å²) < 4.78 is 0. The van der Waals surface area contributed by atoms with Crippen molar-refractivity contribution < 1.29 is 19.2 Å². The third kappa shape index (κ3) is 6.95. The molecule has 8 heteroatoms. The summed E-state index contributed by atoms with van der Waals surface area (Å²) in [4.78, 5) is 56.3. The molecule has 3 atom stereocenters. The average molecular weight is 550 g/mol. The Bertz CT molecular complexity index is 1230. The maximum atomic E-state index is 13.9. The lowest BCUT2D eigenvalue weighted by molar-refractivity contribution is -0.144. The van der Waals surface area contributed by atoms with E-state index in [1.807, 2.05) is 81.5 Å². The van der Waals surface area contributed by atoms with Gasteiger partial charge in [-0.3, -0.25) is 24.1 Å². The number of benzene rings is 2. The summed E-state index contributed by atoms with van der Waals surface area (Å²) in [5.41, 5.74) is 1.11. The molecule has 0 unspecified atom stereocenters. The van der Waals surface area contributed by atoms with Crippen molar-refractivity contribution in [3.63, 3.8) is 0 Å².